The van der Waals surface area contributed by atoms with Gasteiger partial charge in [0.1, 0.15) is 0 Å². The molecular formula is C28H32FN3O3. The Bertz CT molecular complexity index is 1190. The van der Waals surface area contributed by atoms with E-state index in [9.17, 15) is 14.0 Å². The highest BCUT2D eigenvalue weighted by Crippen LogP contribution is 2.34. The van der Waals surface area contributed by atoms with Crippen molar-refractivity contribution in [2.45, 2.75) is 46.0 Å². The number of halogens is 1. The van der Waals surface area contributed by atoms with Gasteiger partial charge in [0.2, 0.25) is 5.91 Å². The molecule has 1 fully saturated rings. The van der Waals surface area contributed by atoms with Gasteiger partial charge in [-0.3, -0.25) is 14.6 Å². The van der Waals surface area contributed by atoms with Crippen molar-refractivity contribution in [3.05, 3.63) is 60.0 Å². The van der Waals surface area contributed by atoms with Crippen molar-refractivity contribution in [1.29, 1.82) is 0 Å². The molecule has 2 aromatic carbocycles. The van der Waals surface area contributed by atoms with Crippen molar-refractivity contribution < 1.29 is 18.7 Å². The van der Waals surface area contributed by atoms with Crippen molar-refractivity contribution in [3.8, 4) is 5.75 Å². The first-order valence-electron chi connectivity index (χ1n) is 12.4. The van der Waals surface area contributed by atoms with Crippen LogP contribution in [0.15, 0.2) is 48.7 Å². The van der Waals surface area contributed by atoms with Crippen LogP contribution in [-0.4, -0.2) is 41.3 Å². The predicted octanol–water partition coefficient (Wildman–Crippen LogP) is 6.13. The molecule has 1 aliphatic rings. The van der Waals surface area contributed by atoms with E-state index < -0.39 is 5.82 Å². The number of para-hydroxylation sites is 1. The Morgan fingerprint density at radius 1 is 1.14 bits per heavy atom. The molecule has 3 aromatic rings. The number of carbonyl (C=O) groups is 2. The van der Waals surface area contributed by atoms with Crippen LogP contribution in [-0.2, 0) is 4.79 Å². The van der Waals surface area contributed by atoms with Gasteiger partial charge in [0.25, 0.3) is 0 Å². The predicted molar refractivity (Wildman–Crippen MR) is 136 cm³/mol. The number of rotatable bonds is 9. The first-order chi connectivity index (χ1) is 17.0. The summed E-state index contributed by atoms with van der Waals surface area (Å²) in [5, 5.41) is 3.96. The third-order valence-corrected chi connectivity index (χ3v) is 6.49. The zero-order chi connectivity index (χ0) is 24.8. The van der Waals surface area contributed by atoms with Crippen LogP contribution < -0.4 is 10.1 Å². The molecule has 1 saturated heterocycles. The fourth-order valence-corrected chi connectivity index (χ4v) is 4.44. The fraction of sp³-hybridized carbons (Fsp3) is 0.393. The molecule has 6 nitrogen and oxygen atoms in total. The van der Waals surface area contributed by atoms with Crippen LogP contribution >= 0.6 is 0 Å². The number of nitrogens with zero attached hydrogens (tertiary/aromatic N) is 2. The summed E-state index contributed by atoms with van der Waals surface area (Å²) in [7, 11) is 0. The number of amides is 1. The number of piperidine rings is 1. The average molecular weight is 478 g/mol. The summed E-state index contributed by atoms with van der Waals surface area (Å²) in [5.74, 6) is 0.0652. The number of pyridine rings is 1. The Balaban J connectivity index is 1.56. The number of hydrogen-bond acceptors (Lipinski definition) is 5. The SMILES string of the molecule is CCCC(=O)N1CCC(COc2cc3c(Nc4ccccc4)c(C(=O)CC)cnc3cc2F)CC1. The molecule has 35 heavy (non-hydrogen) atoms. The van der Waals surface area contributed by atoms with Gasteiger partial charge in [0, 0.05) is 49.3 Å². The minimum absolute atomic E-state index is 0.0472. The van der Waals surface area contributed by atoms with Gasteiger partial charge in [-0.25, -0.2) is 4.39 Å². The van der Waals surface area contributed by atoms with Gasteiger partial charge in [0.05, 0.1) is 23.4 Å². The summed E-state index contributed by atoms with van der Waals surface area (Å²) in [5.41, 5.74) is 2.33. The maximum absolute atomic E-state index is 14.9. The van der Waals surface area contributed by atoms with Crippen LogP contribution in [0.25, 0.3) is 10.9 Å². The van der Waals surface area contributed by atoms with E-state index in [1.54, 1.807) is 13.0 Å². The van der Waals surface area contributed by atoms with Gasteiger partial charge >= 0.3 is 0 Å². The number of carbonyl (C=O) groups excluding carboxylic acids is 2. The molecule has 1 N–H and O–H groups in total. The van der Waals surface area contributed by atoms with E-state index in [-0.39, 0.29) is 23.4 Å². The van der Waals surface area contributed by atoms with E-state index in [1.165, 1.54) is 12.3 Å². The largest absolute Gasteiger partial charge is 0.490 e. The van der Waals surface area contributed by atoms with Gasteiger partial charge in [-0.2, -0.15) is 0 Å². The van der Waals surface area contributed by atoms with Gasteiger partial charge < -0.3 is 15.0 Å². The Labute approximate surface area is 205 Å². The molecule has 0 bridgehead atoms. The summed E-state index contributed by atoms with van der Waals surface area (Å²) in [6.45, 7) is 5.61. The molecule has 0 saturated carbocycles. The highest BCUT2D eigenvalue weighted by atomic mass is 19.1. The lowest BCUT2D eigenvalue weighted by atomic mass is 9.97. The number of fused-ring (bicyclic) bond motifs is 1. The zero-order valence-corrected chi connectivity index (χ0v) is 20.4. The summed E-state index contributed by atoms with van der Waals surface area (Å²) in [4.78, 5) is 31.0. The molecule has 7 heteroatoms. The molecule has 0 aliphatic carbocycles. The molecule has 4 rings (SSSR count). The first kappa shape index (κ1) is 24.6. The second-order valence-electron chi connectivity index (χ2n) is 9.00. The third-order valence-electron chi connectivity index (χ3n) is 6.49. The van der Waals surface area contributed by atoms with Crippen molar-refractivity contribution in [1.82, 2.24) is 9.88 Å². The van der Waals surface area contributed by atoms with Gasteiger partial charge in [-0.15, -0.1) is 0 Å². The van der Waals surface area contributed by atoms with Crippen LogP contribution in [0.4, 0.5) is 15.8 Å². The van der Waals surface area contributed by atoms with Gasteiger partial charge in [0.15, 0.2) is 17.3 Å². The second kappa shape index (κ2) is 11.3. The number of anilines is 2. The lowest BCUT2D eigenvalue weighted by Gasteiger charge is -2.32. The molecule has 2 heterocycles. The molecule has 1 amide bonds. The number of benzene rings is 2. The van der Waals surface area contributed by atoms with Crippen LogP contribution in [0.3, 0.4) is 0 Å². The summed E-state index contributed by atoms with van der Waals surface area (Å²) in [6, 6.07) is 12.5. The Morgan fingerprint density at radius 2 is 1.89 bits per heavy atom. The Hall–Kier alpha value is -3.48. The third kappa shape index (κ3) is 5.78. The molecular weight excluding hydrogens is 445 g/mol. The van der Waals surface area contributed by atoms with E-state index in [0.29, 0.717) is 54.7 Å². The summed E-state index contributed by atoms with van der Waals surface area (Å²) in [6.07, 6.45) is 4.95. The maximum atomic E-state index is 14.9. The molecule has 184 valence electrons. The first-order valence-corrected chi connectivity index (χ1v) is 12.4. The quantitative estimate of drug-likeness (QED) is 0.376. The van der Waals surface area contributed by atoms with Gasteiger partial charge in [-0.1, -0.05) is 32.0 Å². The fourth-order valence-electron chi connectivity index (χ4n) is 4.44. The zero-order valence-electron chi connectivity index (χ0n) is 20.4. The Morgan fingerprint density at radius 3 is 2.57 bits per heavy atom. The number of hydrogen-bond donors (Lipinski definition) is 1. The molecule has 0 atom stereocenters. The average Bonchev–Trinajstić information content (AvgIpc) is 2.88. The number of aromatic nitrogens is 1. The molecule has 0 unspecified atom stereocenters. The smallest absolute Gasteiger partial charge is 0.222 e. The van der Waals surface area contributed by atoms with Crippen molar-refractivity contribution in [2.24, 2.45) is 5.92 Å². The normalized spacial score (nSPS) is 14.2. The highest BCUT2D eigenvalue weighted by Gasteiger charge is 2.23. The number of ether oxygens (including phenoxy) is 1. The molecule has 0 radical (unpaired) electrons. The number of nitrogens with one attached hydrogen (secondary N) is 1. The van der Waals surface area contributed by atoms with E-state index >= 15 is 0 Å². The molecule has 1 aliphatic heterocycles. The van der Waals surface area contributed by atoms with Crippen molar-refractivity contribution in [2.75, 3.05) is 25.0 Å². The lowest BCUT2D eigenvalue weighted by molar-refractivity contribution is -0.132. The van der Waals surface area contributed by atoms with Crippen LogP contribution in [0.1, 0.15) is 56.3 Å². The monoisotopic (exact) mass is 477 g/mol. The number of Topliss-reactive ketones (excluding diaryl/α,β-unsaturated/α-hetero) is 1. The summed E-state index contributed by atoms with van der Waals surface area (Å²) >= 11 is 0. The second-order valence-corrected chi connectivity index (χ2v) is 9.00. The van der Waals surface area contributed by atoms with Crippen LogP contribution in [0.5, 0.6) is 5.75 Å². The van der Waals surface area contributed by atoms with Crippen LogP contribution in [0, 0.1) is 11.7 Å². The van der Waals surface area contributed by atoms with E-state index in [0.717, 1.165) is 24.9 Å². The standard InChI is InChI=1S/C28H32FN3O3/c1-3-8-27(34)32-13-11-19(12-14-32)18-35-26-15-21-24(16-23(26)29)30-17-22(25(33)4-2)28(21)31-20-9-6-5-7-10-20/h5-7,9-10,15-17,19H,3-4,8,11-14,18H2,1-2H3,(H,30,31). The van der Waals surface area contributed by atoms with Crippen molar-refractivity contribution in [3.63, 3.8) is 0 Å². The maximum Gasteiger partial charge on any atom is 0.222 e. The van der Waals surface area contributed by atoms with Gasteiger partial charge in [-0.05, 0) is 43.4 Å². The van der Waals surface area contributed by atoms with E-state index in [2.05, 4.69) is 10.3 Å². The lowest BCUT2D eigenvalue weighted by Crippen LogP contribution is -2.39. The minimum atomic E-state index is -0.485. The van der Waals surface area contributed by atoms with E-state index in [4.69, 9.17) is 4.74 Å². The topological polar surface area (TPSA) is 71.5 Å². The minimum Gasteiger partial charge on any atom is -0.490 e. The number of likely N-dealkylation sites (tertiary alicyclic amines) is 1. The molecule has 0 spiro atoms. The number of ketones is 1. The highest BCUT2D eigenvalue weighted by molar-refractivity contribution is 6.09. The van der Waals surface area contributed by atoms with Crippen LogP contribution in [0.2, 0.25) is 0 Å². The molecule has 1 aromatic heterocycles. The summed E-state index contributed by atoms with van der Waals surface area (Å²) < 4.78 is 20.8. The van der Waals surface area contributed by atoms with Crippen molar-refractivity contribution >= 4 is 34.0 Å². The van der Waals surface area contributed by atoms with E-state index in [1.807, 2.05) is 42.2 Å². The Kier molecular flexibility index (Phi) is 7.95.